The molecule has 0 aromatic carbocycles. The van der Waals surface area contributed by atoms with E-state index in [2.05, 4.69) is 19.9 Å². The van der Waals surface area contributed by atoms with E-state index in [0.717, 1.165) is 30.2 Å². The van der Waals surface area contributed by atoms with Crippen LogP contribution in [0.25, 0.3) is 11.3 Å². The molecule has 98 valence electrons. The second-order valence-electron chi connectivity index (χ2n) is 4.90. The summed E-state index contributed by atoms with van der Waals surface area (Å²) < 4.78 is 0. The minimum absolute atomic E-state index is 0.904. The van der Waals surface area contributed by atoms with Crippen LogP contribution >= 0.6 is 0 Å². The van der Waals surface area contributed by atoms with E-state index in [9.17, 15) is 0 Å². The van der Waals surface area contributed by atoms with Gasteiger partial charge >= 0.3 is 0 Å². The Morgan fingerprint density at radius 2 is 1.58 bits per heavy atom. The summed E-state index contributed by atoms with van der Waals surface area (Å²) in [5.74, 6) is 1.000. The molecule has 1 fully saturated rings. The van der Waals surface area contributed by atoms with Gasteiger partial charge in [0, 0.05) is 31.0 Å². The largest absolute Gasteiger partial charge is 0.355 e. The highest BCUT2D eigenvalue weighted by atomic mass is 15.2. The van der Waals surface area contributed by atoms with E-state index >= 15 is 0 Å². The first-order valence-corrected chi connectivity index (χ1v) is 6.91. The van der Waals surface area contributed by atoms with Crippen LogP contribution in [-0.2, 0) is 0 Å². The third-order valence-corrected chi connectivity index (χ3v) is 3.54. The molecule has 1 aliphatic rings. The van der Waals surface area contributed by atoms with Crippen LogP contribution in [0.15, 0.2) is 36.9 Å². The second kappa shape index (κ2) is 5.78. The van der Waals surface area contributed by atoms with Gasteiger partial charge in [0.1, 0.15) is 5.82 Å². The number of hydrogen-bond donors (Lipinski definition) is 0. The Bertz CT molecular complexity index is 501. The van der Waals surface area contributed by atoms with Crippen LogP contribution in [0.4, 0.5) is 5.82 Å². The fourth-order valence-corrected chi connectivity index (χ4v) is 2.46. The first-order chi connectivity index (χ1) is 9.43. The Morgan fingerprint density at radius 3 is 2.21 bits per heavy atom. The lowest BCUT2D eigenvalue weighted by atomic mass is 10.2. The zero-order valence-electron chi connectivity index (χ0n) is 11.0. The van der Waals surface area contributed by atoms with E-state index in [1.165, 1.54) is 25.7 Å². The summed E-state index contributed by atoms with van der Waals surface area (Å²) in [5.41, 5.74) is 1.96. The molecule has 19 heavy (non-hydrogen) atoms. The highest BCUT2D eigenvalue weighted by molar-refractivity contribution is 5.57. The quantitative estimate of drug-likeness (QED) is 0.826. The molecule has 1 aliphatic heterocycles. The van der Waals surface area contributed by atoms with E-state index in [1.807, 2.05) is 24.5 Å². The van der Waals surface area contributed by atoms with Crippen molar-refractivity contribution in [2.75, 3.05) is 18.0 Å². The minimum atomic E-state index is 0.904. The highest BCUT2D eigenvalue weighted by Crippen LogP contribution is 2.19. The lowest BCUT2D eigenvalue weighted by Crippen LogP contribution is -2.24. The highest BCUT2D eigenvalue weighted by Gasteiger charge is 2.11. The van der Waals surface area contributed by atoms with E-state index in [1.54, 1.807) is 12.4 Å². The summed E-state index contributed by atoms with van der Waals surface area (Å²) >= 11 is 0. The molecule has 4 heteroatoms. The average Bonchev–Trinajstić information content (AvgIpc) is 2.77. The Hall–Kier alpha value is -1.97. The Morgan fingerprint density at radius 1 is 0.842 bits per heavy atom. The van der Waals surface area contributed by atoms with Crippen LogP contribution < -0.4 is 4.90 Å². The Balaban J connectivity index is 1.78. The van der Waals surface area contributed by atoms with Gasteiger partial charge in [0.25, 0.3) is 0 Å². The molecule has 0 unspecified atom stereocenters. The number of aromatic nitrogens is 3. The minimum Gasteiger partial charge on any atom is -0.355 e. The van der Waals surface area contributed by atoms with Gasteiger partial charge < -0.3 is 4.90 Å². The molecule has 0 spiro atoms. The molecule has 3 rings (SSSR count). The van der Waals surface area contributed by atoms with Crippen molar-refractivity contribution in [3.63, 3.8) is 0 Å². The third kappa shape index (κ3) is 2.89. The fraction of sp³-hybridized carbons (Fsp3) is 0.400. The van der Waals surface area contributed by atoms with Crippen molar-refractivity contribution >= 4 is 5.82 Å². The maximum absolute atomic E-state index is 4.56. The molecule has 0 bridgehead atoms. The van der Waals surface area contributed by atoms with Gasteiger partial charge in [-0.25, -0.2) is 4.98 Å². The van der Waals surface area contributed by atoms with Gasteiger partial charge in [0.15, 0.2) is 0 Å². The molecule has 0 saturated carbocycles. The summed E-state index contributed by atoms with van der Waals surface area (Å²) in [6.07, 6.45) is 12.5. The van der Waals surface area contributed by atoms with Crippen molar-refractivity contribution in [3.8, 4) is 11.3 Å². The first-order valence-electron chi connectivity index (χ1n) is 6.91. The van der Waals surface area contributed by atoms with Gasteiger partial charge in [-0.3, -0.25) is 9.97 Å². The predicted octanol–water partition coefficient (Wildman–Crippen LogP) is 2.92. The molecule has 0 radical (unpaired) electrons. The topological polar surface area (TPSA) is 41.9 Å². The number of rotatable bonds is 2. The van der Waals surface area contributed by atoms with E-state index in [4.69, 9.17) is 0 Å². The number of anilines is 1. The molecular formula is C15H18N4. The van der Waals surface area contributed by atoms with E-state index < -0.39 is 0 Å². The summed E-state index contributed by atoms with van der Waals surface area (Å²) in [7, 11) is 0. The molecule has 1 saturated heterocycles. The number of pyridine rings is 1. The van der Waals surface area contributed by atoms with Crippen molar-refractivity contribution < 1.29 is 0 Å². The standard InChI is InChI=1S/C15H18N4/c1-2-4-10-19(9-3-1)15-12-17-14(11-18-15)13-5-7-16-8-6-13/h5-8,11-12H,1-4,9-10H2. The van der Waals surface area contributed by atoms with E-state index in [-0.39, 0.29) is 0 Å². The van der Waals surface area contributed by atoms with E-state index in [0.29, 0.717) is 0 Å². The maximum atomic E-state index is 4.56. The van der Waals surface area contributed by atoms with Gasteiger partial charge in [-0.1, -0.05) is 12.8 Å². The average molecular weight is 254 g/mol. The summed E-state index contributed by atoms with van der Waals surface area (Å²) in [5, 5.41) is 0. The molecule has 2 aromatic heterocycles. The first kappa shape index (κ1) is 12.1. The molecule has 0 amide bonds. The lowest BCUT2D eigenvalue weighted by molar-refractivity contribution is 0.726. The lowest BCUT2D eigenvalue weighted by Gasteiger charge is -2.20. The molecule has 0 N–H and O–H groups in total. The van der Waals surface area contributed by atoms with Gasteiger partial charge in [-0.05, 0) is 25.0 Å². The number of nitrogens with zero attached hydrogens (tertiary/aromatic N) is 4. The molecule has 0 aliphatic carbocycles. The molecular weight excluding hydrogens is 236 g/mol. The van der Waals surface area contributed by atoms with Crippen LogP contribution in [0, 0.1) is 0 Å². The predicted molar refractivity (Wildman–Crippen MR) is 75.9 cm³/mol. The van der Waals surface area contributed by atoms with Crippen LogP contribution in [-0.4, -0.2) is 28.0 Å². The van der Waals surface area contributed by atoms with Crippen molar-refractivity contribution in [1.29, 1.82) is 0 Å². The van der Waals surface area contributed by atoms with Gasteiger partial charge in [0.2, 0.25) is 0 Å². The van der Waals surface area contributed by atoms with Crippen molar-refractivity contribution in [1.82, 2.24) is 15.0 Å². The monoisotopic (exact) mass is 254 g/mol. The van der Waals surface area contributed by atoms with Crippen molar-refractivity contribution in [3.05, 3.63) is 36.9 Å². The van der Waals surface area contributed by atoms with Crippen molar-refractivity contribution in [2.24, 2.45) is 0 Å². The van der Waals surface area contributed by atoms with Crippen molar-refractivity contribution in [2.45, 2.75) is 25.7 Å². The zero-order chi connectivity index (χ0) is 12.9. The number of hydrogen-bond acceptors (Lipinski definition) is 4. The maximum Gasteiger partial charge on any atom is 0.147 e. The molecule has 3 heterocycles. The molecule has 4 nitrogen and oxygen atoms in total. The van der Waals surface area contributed by atoms with Crippen LogP contribution in [0.5, 0.6) is 0 Å². The van der Waals surface area contributed by atoms with Gasteiger partial charge in [0.05, 0.1) is 18.1 Å². The normalized spacial score (nSPS) is 16.1. The van der Waals surface area contributed by atoms with Gasteiger partial charge in [-0.15, -0.1) is 0 Å². The SMILES string of the molecule is c1cc(-c2cnc(N3CCCCCC3)cn2)ccn1. The van der Waals surface area contributed by atoms with Crippen LogP contribution in [0.3, 0.4) is 0 Å². The third-order valence-electron chi connectivity index (χ3n) is 3.54. The summed E-state index contributed by atoms with van der Waals surface area (Å²) in [6, 6.07) is 3.91. The fourth-order valence-electron chi connectivity index (χ4n) is 2.46. The second-order valence-corrected chi connectivity index (χ2v) is 4.90. The van der Waals surface area contributed by atoms with Gasteiger partial charge in [-0.2, -0.15) is 0 Å². The van der Waals surface area contributed by atoms with Crippen LogP contribution in [0.2, 0.25) is 0 Å². The molecule has 2 aromatic rings. The summed E-state index contributed by atoms with van der Waals surface area (Å²) in [4.78, 5) is 15.4. The smallest absolute Gasteiger partial charge is 0.147 e. The van der Waals surface area contributed by atoms with Crippen LogP contribution in [0.1, 0.15) is 25.7 Å². The summed E-state index contributed by atoms with van der Waals surface area (Å²) in [6.45, 7) is 2.20. The Kier molecular flexibility index (Phi) is 3.68. The Labute approximate surface area is 113 Å². The molecule has 0 atom stereocenters. The zero-order valence-corrected chi connectivity index (χ0v) is 11.0.